The van der Waals surface area contributed by atoms with Crippen molar-refractivity contribution in [3.63, 3.8) is 0 Å². The van der Waals surface area contributed by atoms with Gasteiger partial charge in [-0.15, -0.1) is 0 Å². The number of halogens is 5. The summed E-state index contributed by atoms with van der Waals surface area (Å²) in [5.41, 5.74) is 0.627. The fraction of sp³-hybridized carbons (Fsp3) is 0.278. The molecule has 0 unspecified atom stereocenters. The number of ether oxygens (including phenoxy) is 1. The molecule has 0 saturated carbocycles. The molecule has 0 bridgehead atoms. The van der Waals surface area contributed by atoms with Crippen LogP contribution in [0.4, 0.5) is 4.79 Å². The van der Waals surface area contributed by atoms with Gasteiger partial charge >= 0.3 is 13.8 Å². The van der Waals surface area contributed by atoms with Crippen molar-refractivity contribution in [1.29, 1.82) is 0 Å². The highest BCUT2D eigenvalue weighted by Crippen LogP contribution is 2.57. The lowest BCUT2D eigenvalue weighted by atomic mass is 9.91. The summed E-state index contributed by atoms with van der Waals surface area (Å²) < 4.78 is 27.7. The number of hydrogen-bond donors (Lipinski definition) is 1. The van der Waals surface area contributed by atoms with Crippen LogP contribution in [0.25, 0.3) is 0 Å². The van der Waals surface area contributed by atoms with E-state index in [-0.39, 0.29) is 11.5 Å². The molecule has 1 N–H and O–H groups in total. The fourth-order valence-corrected chi connectivity index (χ4v) is 5.17. The number of alkyl halides is 3. The smallest absolute Gasteiger partial charge is 0.446 e. The zero-order valence-electron chi connectivity index (χ0n) is 15.5. The first kappa shape index (κ1) is 23.6. The van der Waals surface area contributed by atoms with Gasteiger partial charge in [0.2, 0.25) is 3.79 Å². The minimum Gasteiger partial charge on any atom is -0.446 e. The Morgan fingerprint density at radius 1 is 1.03 bits per heavy atom. The van der Waals surface area contributed by atoms with Gasteiger partial charge in [-0.1, -0.05) is 58.0 Å². The van der Waals surface area contributed by atoms with Crippen molar-refractivity contribution < 1.29 is 23.1 Å². The number of nitrogens with one attached hydrogen (secondary N) is 1. The van der Waals surface area contributed by atoms with Crippen molar-refractivity contribution in [1.82, 2.24) is 5.09 Å². The number of hydrogen-bond acceptors (Lipinski definition) is 5. The van der Waals surface area contributed by atoms with Crippen LogP contribution in [0.5, 0.6) is 11.5 Å². The van der Waals surface area contributed by atoms with Crippen LogP contribution in [0, 0.1) is 0 Å². The van der Waals surface area contributed by atoms with Crippen molar-refractivity contribution in [2.75, 3.05) is 0 Å². The topological polar surface area (TPSA) is 73.9 Å². The normalized spacial score (nSPS) is 20.7. The third kappa shape index (κ3) is 5.42. The van der Waals surface area contributed by atoms with Gasteiger partial charge in [0.25, 0.3) is 0 Å². The summed E-state index contributed by atoms with van der Waals surface area (Å²) in [6, 6.07) is 8.87. The predicted molar refractivity (Wildman–Crippen MR) is 119 cm³/mol. The van der Waals surface area contributed by atoms with Crippen LogP contribution < -0.4 is 14.1 Å². The maximum absolute atomic E-state index is 13.4. The highest BCUT2D eigenvalue weighted by Gasteiger charge is 2.44. The quantitative estimate of drug-likeness (QED) is 0.319. The average Bonchev–Trinajstić information content (AvgIpc) is 2.56. The summed E-state index contributed by atoms with van der Waals surface area (Å²) in [4.78, 5) is 12.1. The number of carbonyl (C=O) groups excluding carboxylic acids is 1. The monoisotopic (exact) mass is 531 g/mol. The molecule has 0 radical (unpaired) electrons. The van der Waals surface area contributed by atoms with E-state index in [0.717, 1.165) is 0 Å². The van der Waals surface area contributed by atoms with E-state index in [1.165, 1.54) is 36.4 Å². The van der Waals surface area contributed by atoms with Crippen LogP contribution in [0.2, 0.25) is 10.0 Å². The van der Waals surface area contributed by atoms with Crippen molar-refractivity contribution in [2.45, 2.75) is 29.7 Å². The SMILES string of the molecule is CC(C)OC(=O)NP1(=O)Oc2ccc(Cl)cc2C(C(Cl)(Cl)Cl)c2cc(Cl)ccc2O1. The van der Waals surface area contributed by atoms with E-state index in [1.807, 2.05) is 0 Å². The average molecular weight is 534 g/mol. The summed E-state index contributed by atoms with van der Waals surface area (Å²) in [7, 11) is -4.31. The van der Waals surface area contributed by atoms with Gasteiger partial charge < -0.3 is 13.8 Å². The molecule has 1 heterocycles. The van der Waals surface area contributed by atoms with Crippen LogP contribution in [0.15, 0.2) is 36.4 Å². The molecule has 0 aliphatic carbocycles. The zero-order valence-corrected chi connectivity index (χ0v) is 20.2. The minimum absolute atomic E-state index is 0.0366. The Labute approximate surface area is 198 Å². The van der Waals surface area contributed by atoms with Gasteiger partial charge in [0.1, 0.15) is 11.5 Å². The molecule has 2 aromatic rings. The first-order chi connectivity index (χ1) is 13.9. The molecule has 1 amide bonds. The molecule has 6 nitrogen and oxygen atoms in total. The van der Waals surface area contributed by atoms with E-state index in [1.54, 1.807) is 13.8 Å². The molecule has 12 heteroatoms. The van der Waals surface area contributed by atoms with Gasteiger partial charge in [-0.3, -0.25) is 0 Å². The van der Waals surface area contributed by atoms with E-state index in [9.17, 15) is 9.36 Å². The van der Waals surface area contributed by atoms with Gasteiger partial charge in [0.15, 0.2) is 0 Å². The van der Waals surface area contributed by atoms with Crippen LogP contribution in [-0.2, 0) is 9.30 Å². The standard InChI is InChI=1S/C18H15Cl5NO5P/c1-9(2)27-17(25)24-30(26)28-14-5-3-10(19)7-12(14)16(18(21,22)23)13-8-11(20)4-6-15(13)29-30/h3-9,16H,1-2H3,(H,24,25,26). The minimum atomic E-state index is -4.31. The number of fused-ring (bicyclic) bond motifs is 2. The third-order valence-electron chi connectivity index (χ3n) is 3.90. The molecule has 0 fully saturated rings. The Kier molecular flexibility index (Phi) is 6.98. The first-order valence-corrected chi connectivity index (χ1v) is 11.9. The fourth-order valence-electron chi connectivity index (χ4n) is 2.85. The zero-order chi connectivity index (χ0) is 22.3. The summed E-state index contributed by atoms with van der Waals surface area (Å²) >= 11 is 31.2. The molecular weight excluding hydrogens is 518 g/mol. The van der Waals surface area contributed by atoms with Gasteiger partial charge in [-0.05, 0) is 50.2 Å². The molecule has 30 heavy (non-hydrogen) atoms. The Morgan fingerprint density at radius 2 is 1.50 bits per heavy atom. The first-order valence-electron chi connectivity index (χ1n) is 8.52. The summed E-state index contributed by atoms with van der Waals surface area (Å²) in [5, 5.41) is 2.79. The Balaban J connectivity index is 2.21. The number of amides is 1. The van der Waals surface area contributed by atoms with E-state index in [2.05, 4.69) is 5.09 Å². The van der Waals surface area contributed by atoms with Crippen LogP contribution in [0.1, 0.15) is 30.9 Å². The molecule has 1 aliphatic heterocycles. The van der Waals surface area contributed by atoms with Crippen LogP contribution in [-0.4, -0.2) is 16.0 Å². The van der Waals surface area contributed by atoms with Crippen LogP contribution in [0.3, 0.4) is 0 Å². The molecular formula is C18H15Cl5NO5P. The third-order valence-corrected chi connectivity index (χ3v) is 6.36. The molecule has 0 spiro atoms. The maximum Gasteiger partial charge on any atom is 0.546 e. The molecule has 2 aromatic carbocycles. The molecule has 0 aromatic heterocycles. The lowest BCUT2D eigenvalue weighted by Crippen LogP contribution is -2.30. The Morgan fingerprint density at radius 3 is 1.90 bits per heavy atom. The lowest BCUT2D eigenvalue weighted by molar-refractivity contribution is 0.119. The largest absolute Gasteiger partial charge is 0.546 e. The van der Waals surface area contributed by atoms with E-state index in [0.29, 0.717) is 21.2 Å². The second-order valence-corrected chi connectivity index (χ2v) is 11.4. The molecule has 162 valence electrons. The Hall–Kier alpha value is -1.01. The maximum atomic E-state index is 13.4. The lowest BCUT2D eigenvalue weighted by Gasteiger charge is -2.33. The number of carbonyl (C=O) groups is 1. The van der Waals surface area contributed by atoms with E-state index in [4.69, 9.17) is 71.8 Å². The van der Waals surface area contributed by atoms with Crippen molar-refractivity contribution in [2.24, 2.45) is 0 Å². The summed E-state index contributed by atoms with van der Waals surface area (Å²) in [6.07, 6.45) is -1.45. The highest BCUT2D eigenvalue weighted by atomic mass is 35.6. The van der Waals surface area contributed by atoms with Crippen molar-refractivity contribution >= 4 is 71.8 Å². The molecule has 0 atom stereocenters. The summed E-state index contributed by atoms with van der Waals surface area (Å²) in [5.74, 6) is -0.870. The Bertz CT molecular complexity index is 967. The van der Waals surface area contributed by atoms with E-state index < -0.39 is 29.7 Å². The number of rotatable bonds is 2. The second-order valence-electron chi connectivity index (χ2n) is 6.58. The molecule has 1 aliphatic rings. The summed E-state index contributed by atoms with van der Waals surface area (Å²) in [6.45, 7) is 3.27. The van der Waals surface area contributed by atoms with Gasteiger partial charge in [0.05, 0.1) is 12.0 Å². The van der Waals surface area contributed by atoms with Crippen LogP contribution >= 0.6 is 65.8 Å². The highest BCUT2D eigenvalue weighted by molar-refractivity contribution is 7.53. The second kappa shape index (κ2) is 8.85. The molecule has 0 saturated heterocycles. The number of benzene rings is 2. The van der Waals surface area contributed by atoms with Gasteiger partial charge in [0, 0.05) is 21.2 Å². The van der Waals surface area contributed by atoms with Gasteiger partial charge in [-0.2, -0.15) is 0 Å². The van der Waals surface area contributed by atoms with Crippen molar-refractivity contribution in [3.8, 4) is 11.5 Å². The molecule has 3 rings (SSSR count). The van der Waals surface area contributed by atoms with Gasteiger partial charge in [-0.25, -0.2) is 14.4 Å². The predicted octanol–water partition coefficient (Wildman–Crippen LogP) is 7.51. The van der Waals surface area contributed by atoms with Crippen molar-refractivity contribution in [3.05, 3.63) is 57.6 Å². The van der Waals surface area contributed by atoms with E-state index >= 15 is 0 Å².